The third-order valence-electron chi connectivity index (χ3n) is 3.50. The van der Waals surface area contributed by atoms with Crippen LogP contribution in [0.3, 0.4) is 0 Å². The van der Waals surface area contributed by atoms with Crippen molar-refractivity contribution >= 4 is 27.5 Å². The van der Waals surface area contributed by atoms with E-state index >= 15 is 0 Å². The summed E-state index contributed by atoms with van der Waals surface area (Å²) in [6.45, 7) is -0.0921. The maximum atomic E-state index is 12.4. The van der Waals surface area contributed by atoms with Crippen LogP contribution in [0.1, 0.15) is 11.1 Å². The molecular formula is C16H13BrN4O4. The van der Waals surface area contributed by atoms with E-state index in [4.69, 9.17) is 5.26 Å². The van der Waals surface area contributed by atoms with Crippen molar-refractivity contribution in [3.63, 3.8) is 0 Å². The molecule has 8 nitrogen and oxygen atoms in total. The summed E-state index contributed by atoms with van der Waals surface area (Å²) in [5, 5.41) is 19.8. The van der Waals surface area contributed by atoms with Gasteiger partial charge in [-0.2, -0.15) is 5.26 Å². The molecule has 1 heterocycles. The minimum absolute atomic E-state index is 0.301. The summed E-state index contributed by atoms with van der Waals surface area (Å²) >= 11 is 3.39. The van der Waals surface area contributed by atoms with Crippen molar-refractivity contribution in [2.45, 2.75) is 13.1 Å². The Balaban J connectivity index is 2.24. The van der Waals surface area contributed by atoms with Gasteiger partial charge in [0.1, 0.15) is 18.2 Å². The van der Waals surface area contributed by atoms with Crippen molar-refractivity contribution in [1.82, 2.24) is 9.47 Å². The van der Waals surface area contributed by atoms with Crippen LogP contribution in [-0.4, -0.2) is 27.3 Å². The van der Waals surface area contributed by atoms with E-state index in [1.165, 1.54) is 4.90 Å². The first-order chi connectivity index (χ1) is 11.8. The largest absolute Gasteiger partial charge is 0.340 e. The molecule has 0 bridgehead atoms. The first kappa shape index (κ1) is 18.4. The maximum Gasteiger partial charge on any atom is 0.287 e. The highest BCUT2D eigenvalue weighted by Gasteiger charge is 2.17. The number of nitrogens with zero attached hydrogens (tertiary/aromatic N) is 4. The molecule has 0 spiro atoms. The van der Waals surface area contributed by atoms with Gasteiger partial charge in [-0.3, -0.25) is 24.3 Å². The average molecular weight is 405 g/mol. The van der Waals surface area contributed by atoms with E-state index in [0.29, 0.717) is 6.54 Å². The second-order valence-electron chi connectivity index (χ2n) is 5.26. The standard InChI is InChI=1S/C16H13BrN4O4/c1-19(8-11-4-2-3-5-14(11)17)15(22)10-20-9-13(21(24)25)6-12(7-18)16(20)23/h2-6,9H,8,10H2,1H3. The molecule has 9 heteroatoms. The molecule has 0 atom stereocenters. The number of halogens is 1. The highest BCUT2D eigenvalue weighted by molar-refractivity contribution is 9.10. The Labute approximate surface area is 151 Å². The highest BCUT2D eigenvalue weighted by Crippen LogP contribution is 2.17. The van der Waals surface area contributed by atoms with Gasteiger partial charge in [0, 0.05) is 24.1 Å². The molecule has 1 aromatic heterocycles. The Bertz CT molecular complexity index is 932. The van der Waals surface area contributed by atoms with E-state index in [1.807, 2.05) is 24.3 Å². The van der Waals surface area contributed by atoms with Gasteiger partial charge in [0.05, 0.1) is 11.1 Å². The summed E-state index contributed by atoms with van der Waals surface area (Å²) < 4.78 is 1.73. The molecule has 0 N–H and O–H groups in total. The predicted octanol–water partition coefficient (Wildman–Crippen LogP) is 2.05. The number of amides is 1. The zero-order valence-corrected chi connectivity index (χ0v) is 14.8. The lowest BCUT2D eigenvalue weighted by molar-refractivity contribution is -0.385. The van der Waals surface area contributed by atoms with Gasteiger partial charge in [-0.1, -0.05) is 34.1 Å². The number of pyridine rings is 1. The molecule has 0 aliphatic heterocycles. The van der Waals surface area contributed by atoms with Crippen molar-refractivity contribution in [1.29, 1.82) is 5.26 Å². The molecule has 0 fully saturated rings. The second kappa shape index (κ2) is 7.72. The lowest BCUT2D eigenvalue weighted by Gasteiger charge is -2.18. The molecule has 128 valence electrons. The third kappa shape index (κ3) is 4.30. The van der Waals surface area contributed by atoms with Gasteiger partial charge in [-0.25, -0.2) is 0 Å². The molecule has 0 aliphatic carbocycles. The van der Waals surface area contributed by atoms with Crippen LogP contribution >= 0.6 is 15.9 Å². The van der Waals surface area contributed by atoms with Crippen LogP contribution in [0.25, 0.3) is 0 Å². The summed E-state index contributed by atoms with van der Waals surface area (Å²) in [6, 6.07) is 9.89. The van der Waals surface area contributed by atoms with Crippen LogP contribution < -0.4 is 5.56 Å². The molecule has 25 heavy (non-hydrogen) atoms. The minimum Gasteiger partial charge on any atom is -0.340 e. The van der Waals surface area contributed by atoms with Gasteiger partial charge in [0.15, 0.2) is 0 Å². The van der Waals surface area contributed by atoms with Gasteiger partial charge in [0.2, 0.25) is 5.91 Å². The fourth-order valence-corrected chi connectivity index (χ4v) is 2.56. The highest BCUT2D eigenvalue weighted by atomic mass is 79.9. The van der Waals surface area contributed by atoms with Gasteiger partial charge in [0.25, 0.3) is 11.2 Å². The lowest BCUT2D eigenvalue weighted by atomic mass is 10.2. The van der Waals surface area contributed by atoms with Gasteiger partial charge >= 0.3 is 0 Å². The van der Waals surface area contributed by atoms with Gasteiger partial charge in [-0.05, 0) is 11.6 Å². The zero-order chi connectivity index (χ0) is 18.6. The Morgan fingerprint density at radius 2 is 2.12 bits per heavy atom. The van der Waals surface area contributed by atoms with Crippen molar-refractivity contribution in [2.75, 3.05) is 7.05 Å². The number of hydrogen-bond acceptors (Lipinski definition) is 5. The number of nitro groups is 1. The Morgan fingerprint density at radius 1 is 1.44 bits per heavy atom. The number of rotatable bonds is 5. The van der Waals surface area contributed by atoms with E-state index in [2.05, 4.69) is 15.9 Å². The Hall–Kier alpha value is -2.99. The number of carbonyl (C=O) groups is 1. The molecule has 2 aromatic rings. The molecule has 2 rings (SSSR count). The van der Waals surface area contributed by atoms with Crippen LogP contribution in [-0.2, 0) is 17.9 Å². The topological polar surface area (TPSA) is 109 Å². The zero-order valence-electron chi connectivity index (χ0n) is 13.2. The lowest BCUT2D eigenvalue weighted by Crippen LogP contribution is -2.34. The third-order valence-corrected chi connectivity index (χ3v) is 4.27. The molecule has 0 aliphatic rings. The molecule has 1 aromatic carbocycles. The molecule has 0 saturated carbocycles. The summed E-state index contributed by atoms with van der Waals surface area (Å²) in [5.74, 6) is -0.415. The maximum absolute atomic E-state index is 12.4. The van der Waals surface area contributed by atoms with E-state index in [9.17, 15) is 19.7 Å². The number of aromatic nitrogens is 1. The monoisotopic (exact) mass is 404 g/mol. The first-order valence-corrected chi connectivity index (χ1v) is 7.89. The van der Waals surface area contributed by atoms with E-state index in [-0.39, 0.29) is 5.56 Å². The first-order valence-electron chi connectivity index (χ1n) is 7.10. The molecule has 0 radical (unpaired) electrons. The van der Waals surface area contributed by atoms with Crippen LogP contribution in [0.5, 0.6) is 0 Å². The van der Waals surface area contributed by atoms with Crippen molar-refractivity contribution in [3.05, 3.63) is 72.6 Å². The fourth-order valence-electron chi connectivity index (χ4n) is 2.15. The summed E-state index contributed by atoms with van der Waals surface area (Å²) in [7, 11) is 1.56. The van der Waals surface area contributed by atoms with Crippen LogP contribution in [0.2, 0.25) is 0 Å². The fraction of sp³-hybridized carbons (Fsp3) is 0.188. The summed E-state index contributed by atoms with van der Waals surface area (Å²) in [6.07, 6.45) is 0.966. The van der Waals surface area contributed by atoms with E-state index < -0.39 is 28.6 Å². The molecule has 0 unspecified atom stereocenters. The number of hydrogen-bond donors (Lipinski definition) is 0. The molecule has 1 amide bonds. The average Bonchev–Trinajstić information content (AvgIpc) is 2.58. The van der Waals surface area contributed by atoms with E-state index in [0.717, 1.165) is 26.9 Å². The number of carbonyl (C=O) groups excluding carboxylic acids is 1. The Kier molecular flexibility index (Phi) is 5.67. The van der Waals surface area contributed by atoms with Crippen LogP contribution in [0.15, 0.2) is 45.8 Å². The van der Waals surface area contributed by atoms with Crippen molar-refractivity contribution in [3.8, 4) is 6.07 Å². The SMILES string of the molecule is CN(Cc1ccccc1Br)C(=O)Cn1cc([N+](=O)[O-])cc(C#N)c1=O. The van der Waals surface area contributed by atoms with E-state index in [1.54, 1.807) is 13.1 Å². The van der Waals surface area contributed by atoms with Gasteiger partial charge in [-0.15, -0.1) is 0 Å². The normalized spacial score (nSPS) is 10.1. The quantitative estimate of drug-likeness (QED) is 0.559. The van der Waals surface area contributed by atoms with Crippen LogP contribution in [0, 0.1) is 21.4 Å². The van der Waals surface area contributed by atoms with Crippen molar-refractivity contribution < 1.29 is 9.72 Å². The smallest absolute Gasteiger partial charge is 0.287 e. The molecular weight excluding hydrogens is 392 g/mol. The minimum atomic E-state index is -0.740. The summed E-state index contributed by atoms with van der Waals surface area (Å²) in [5.41, 5.74) is -0.661. The van der Waals surface area contributed by atoms with Gasteiger partial charge < -0.3 is 4.90 Å². The van der Waals surface area contributed by atoms with Crippen molar-refractivity contribution in [2.24, 2.45) is 0 Å². The molecule has 0 saturated heterocycles. The number of nitriles is 1. The number of benzene rings is 1. The van der Waals surface area contributed by atoms with Crippen LogP contribution in [0.4, 0.5) is 5.69 Å². The predicted molar refractivity (Wildman–Crippen MR) is 92.7 cm³/mol. The second-order valence-corrected chi connectivity index (χ2v) is 6.11. The number of likely N-dealkylation sites (N-methyl/N-ethyl adjacent to an activating group) is 1. The Morgan fingerprint density at radius 3 is 2.72 bits per heavy atom. The summed E-state index contributed by atoms with van der Waals surface area (Å²) in [4.78, 5) is 36.0.